The second kappa shape index (κ2) is 13.1. The quantitative estimate of drug-likeness (QED) is 0.323. The predicted octanol–water partition coefficient (Wildman–Crippen LogP) is 5.98. The van der Waals surface area contributed by atoms with Gasteiger partial charge in [-0.2, -0.15) is 5.10 Å². The van der Waals surface area contributed by atoms with Crippen LogP contribution in [0.3, 0.4) is 0 Å². The lowest BCUT2D eigenvalue weighted by atomic mass is 10.0. The fourth-order valence-electron chi connectivity index (χ4n) is 4.53. The Hall–Kier alpha value is -2.54. The minimum atomic E-state index is 0. The fraction of sp³-hybridized carbons (Fsp3) is 0.429. The van der Waals surface area contributed by atoms with E-state index in [2.05, 4.69) is 18.7 Å². The Bertz CT molecular complexity index is 1130. The van der Waals surface area contributed by atoms with Crippen molar-refractivity contribution in [2.45, 2.75) is 46.8 Å². The van der Waals surface area contributed by atoms with Gasteiger partial charge in [0.25, 0.3) is 0 Å². The smallest absolute Gasteiger partial charge is 0.242 e. The number of hydrogen-bond acceptors (Lipinski definition) is 4. The van der Waals surface area contributed by atoms with Crippen LogP contribution >= 0.6 is 24.0 Å². The summed E-state index contributed by atoms with van der Waals surface area (Å²) >= 11 is 6.31. The number of carbonyl (C=O) groups is 1. The fourth-order valence-corrected chi connectivity index (χ4v) is 4.72. The summed E-state index contributed by atoms with van der Waals surface area (Å²) in [5, 5.41) is 5.44. The third kappa shape index (κ3) is 7.02. The number of rotatable bonds is 10. The summed E-state index contributed by atoms with van der Waals surface area (Å²) < 4.78 is 8.04. The van der Waals surface area contributed by atoms with Gasteiger partial charge in [-0.1, -0.05) is 68.6 Å². The molecule has 0 bridgehead atoms. The van der Waals surface area contributed by atoms with Crippen molar-refractivity contribution in [3.63, 3.8) is 0 Å². The molecule has 3 aromatic rings. The maximum atomic E-state index is 13.0. The number of nitrogens with zero attached hydrogens (tertiary/aromatic N) is 4. The zero-order valence-corrected chi connectivity index (χ0v) is 22.9. The molecule has 0 spiro atoms. The number of halogens is 2. The topological polar surface area (TPSA) is 50.6 Å². The van der Waals surface area contributed by atoms with Crippen LogP contribution in [-0.4, -0.2) is 46.8 Å². The molecular formula is C28H36Cl2N4O2. The summed E-state index contributed by atoms with van der Waals surface area (Å²) in [5.74, 6) is 2.25. The third-order valence-electron chi connectivity index (χ3n) is 6.80. The van der Waals surface area contributed by atoms with E-state index in [9.17, 15) is 4.79 Å². The molecule has 1 aliphatic heterocycles. The molecule has 0 N–H and O–H groups in total. The molecule has 8 heteroatoms. The molecule has 2 aromatic carbocycles. The van der Waals surface area contributed by atoms with Gasteiger partial charge in [-0.15, -0.1) is 12.4 Å². The largest absolute Gasteiger partial charge is 0.489 e. The zero-order chi connectivity index (χ0) is 24.8. The first-order valence-electron chi connectivity index (χ1n) is 12.5. The number of amides is 1. The molecular weight excluding hydrogens is 495 g/mol. The molecule has 1 saturated heterocycles. The number of piperazine rings is 1. The molecule has 0 aliphatic carbocycles. The number of ether oxygens (including phenoxy) is 1. The van der Waals surface area contributed by atoms with Crippen LogP contribution in [0.25, 0.3) is 0 Å². The van der Waals surface area contributed by atoms with Crippen LogP contribution < -0.4 is 9.64 Å². The number of anilines is 1. The third-order valence-corrected chi connectivity index (χ3v) is 7.03. The Balaban J connectivity index is 0.00000361. The Kier molecular flexibility index (Phi) is 10.2. The van der Waals surface area contributed by atoms with Gasteiger partial charge in [-0.25, -0.2) is 0 Å². The Morgan fingerprint density at radius 2 is 1.81 bits per heavy atom. The van der Waals surface area contributed by atoms with Crippen molar-refractivity contribution in [1.82, 2.24) is 14.7 Å². The van der Waals surface area contributed by atoms with Gasteiger partial charge < -0.3 is 4.74 Å². The lowest BCUT2D eigenvalue weighted by Crippen LogP contribution is -2.51. The number of benzene rings is 2. The molecule has 0 unspecified atom stereocenters. The summed E-state index contributed by atoms with van der Waals surface area (Å²) in [6.07, 6.45) is 2.30. The first-order valence-corrected chi connectivity index (χ1v) is 12.9. The van der Waals surface area contributed by atoms with E-state index >= 15 is 0 Å². The maximum absolute atomic E-state index is 13.0. The van der Waals surface area contributed by atoms with Gasteiger partial charge in [0.15, 0.2) is 5.82 Å². The highest BCUT2D eigenvalue weighted by atomic mass is 35.5. The minimum absolute atomic E-state index is 0. The molecule has 194 valence electrons. The summed E-state index contributed by atoms with van der Waals surface area (Å²) in [6.45, 7) is 10.4. The molecule has 0 radical (unpaired) electrons. The monoisotopic (exact) mass is 530 g/mol. The molecule has 6 nitrogen and oxygen atoms in total. The van der Waals surface area contributed by atoms with Gasteiger partial charge in [0.2, 0.25) is 5.91 Å². The van der Waals surface area contributed by atoms with Crippen molar-refractivity contribution in [1.29, 1.82) is 0 Å². The molecule has 1 aliphatic rings. The zero-order valence-electron chi connectivity index (χ0n) is 21.3. The van der Waals surface area contributed by atoms with E-state index in [0.717, 1.165) is 48.5 Å². The first-order chi connectivity index (χ1) is 17.0. The average Bonchev–Trinajstić information content (AvgIpc) is 3.22. The van der Waals surface area contributed by atoms with Crippen LogP contribution in [0, 0.1) is 12.8 Å². The summed E-state index contributed by atoms with van der Waals surface area (Å²) in [6, 6.07) is 17.7. The highest BCUT2D eigenvalue weighted by Crippen LogP contribution is 2.26. The SMILES string of the molecule is CCC(CC)CN1CCN(c2cc(C)n(Cc3cc(Cl)ccc3OCc3ccccc3)n2)C(=O)C1.Cl. The van der Waals surface area contributed by atoms with E-state index < -0.39 is 0 Å². The lowest BCUT2D eigenvalue weighted by Gasteiger charge is -2.34. The average molecular weight is 532 g/mol. The van der Waals surface area contributed by atoms with Crippen molar-refractivity contribution in [2.24, 2.45) is 5.92 Å². The maximum Gasteiger partial charge on any atom is 0.242 e. The van der Waals surface area contributed by atoms with Gasteiger partial charge in [-0.05, 0) is 36.6 Å². The van der Waals surface area contributed by atoms with Crippen molar-refractivity contribution < 1.29 is 9.53 Å². The second-order valence-corrected chi connectivity index (χ2v) is 9.73. The van der Waals surface area contributed by atoms with E-state index in [1.165, 1.54) is 0 Å². The van der Waals surface area contributed by atoms with Crippen LogP contribution in [0.5, 0.6) is 5.75 Å². The van der Waals surface area contributed by atoms with Crippen LogP contribution in [0.15, 0.2) is 54.6 Å². The van der Waals surface area contributed by atoms with Gasteiger partial charge in [0.1, 0.15) is 12.4 Å². The normalized spacial score (nSPS) is 14.2. The number of carbonyl (C=O) groups excluding carboxylic acids is 1. The highest BCUT2D eigenvalue weighted by Gasteiger charge is 2.28. The van der Waals surface area contributed by atoms with Crippen molar-refractivity contribution in [3.8, 4) is 5.75 Å². The number of aryl methyl sites for hydroxylation is 1. The predicted molar refractivity (Wildman–Crippen MR) is 148 cm³/mol. The Labute approximate surface area is 225 Å². The summed E-state index contributed by atoms with van der Waals surface area (Å²) in [7, 11) is 0. The molecule has 36 heavy (non-hydrogen) atoms. The van der Waals surface area contributed by atoms with Crippen LogP contribution in [-0.2, 0) is 17.9 Å². The van der Waals surface area contributed by atoms with Crippen molar-refractivity contribution >= 4 is 35.7 Å². The lowest BCUT2D eigenvalue weighted by molar-refractivity contribution is -0.121. The molecule has 4 rings (SSSR count). The molecule has 0 saturated carbocycles. The Morgan fingerprint density at radius 1 is 1.06 bits per heavy atom. The first kappa shape index (κ1) is 28.0. The van der Waals surface area contributed by atoms with Crippen LogP contribution in [0.4, 0.5) is 5.82 Å². The van der Waals surface area contributed by atoms with Crippen molar-refractivity contribution in [2.75, 3.05) is 31.1 Å². The molecule has 0 atom stereocenters. The number of aromatic nitrogens is 2. The van der Waals surface area contributed by atoms with Crippen LogP contribution in [0.1, 0.15) is 43.5 Å². The van der Waals surface area contributed by atoms with Crippen molar-refractivity contribution in [3.05, 3.63) is 76.4 Å². The molecule has 2 heterocycles. The van der Waals surface area contributed by atoms with E-state index in [1.807, 2.05) is 71.1 Å². The van der Waals surface area contributed by atoms with E-state index in [4.69, 9.17) is 21.4 Å². The van der Waals surface area contributed by atoms with Gasteiger partial charge in [-0.3, -0.25) is 19.3 Å². The molecule has 1 fully saturated rings. The minimum Gasteiger partial charge on any atom is -0.489 e. The summed E-state index contributed by atoms with van der Waals surface area (Å²) in [5.41, 5.74) is 3.04. The molecule has 1 amide bonds. The Morgan fingerprint density at radius 3 is 2.50 bits per heavy atom. The van der Waals surface area contributed by atoms with E-state index in [1.54, 1.807) is 0 Å². The van der Waals surface area contributed by atoms with Gasteiger partial charge in [0.05, 0.1) is 13.1 Å². The van der Waals surface area contributed by atoms with Gasteiger partial charge in [0, 0.05) is 42.0 Å². The number of hydrogen-bond donors (Lipinski definition) is 0. The van der Waals surface area contributed by atoms with E-state index in [0.29, 0.717) is 43.0 Å². The standard InChI is InChI=1S/C28H35ClN4O2.ClH/c1-4-22(5-2)17-31-13-14-32(28(34)19-31)27-15-21(3)33(30-27)18-24-16-25(29)11-12-26(24)35-20-23-9-7-6-8-10-23;/h6-12,15-16,22H,4-5,13-14,17-20H2,1-3H3;1H. The molecule has 1 aromatic heterocycles. The van der Waals surface area contributed by atoms with Crippen LogP contribution in [0.2, 0.25) is 5.02 Å². The second-order valence-electron chi connectivity index (χ2n) is 9.29. The van der Waals surface area contributed by atoms with E-state index in [-0.39, 0.29) is 18.3 Å². The highest BCUT2D eigenvalue weighted by molar-refractivity contribution is 6.30. The summed E-state index contributed by atoms with van der Waals surface area (Å²) in [4.78, 5) is 17.1. The van der Waals surface area contributed by atoms with Gasteiger partial charge >= 0.3 is 0 Å².